The Morgan fingerprint density at radius 2 is 2.29 bits per heavy atom. The largest absolute Gasteiger partial charge is 0.313 e. The molecule has 1 N–H and O–H groups in total. The molecule has 96 valence electrons. The first kappa shape index (κ1) is 12.6. The van der Waals surface area contributed by atoms with Gasteiger partial charge in [0.05, 0.1) is 6.20 Å². The molecule has 1 aliphatic carbocycles. The SMILES string of the molecule is CCCC(C)(CNC1CC1)Cc1cnn(C)c1. The highest BCUT2D eigenvalue weighted by Gasteiger charge is 2.28. The smallest absolute Gasteiger partial charge is 0.0521 e. The zero-order valence-electron chi connectivity index (χ0n) is 11.4. The van der Waals surface area contributed by atoms with E-state index in [1.165, 1.54) is 31.2 Å². The summed E-state index contributed by atoms with van der Waals surface area (Å²) in [4.78, 5) is 0. The Morgan fingerprint density at radius 1 is 1.53 bits per heavy atom. The number of hydrogen-bond donors (Lipinski definition) is 1. The van der Waals surface area contributed by atoms with Crippen LogP contribution in [0.25, 0.3) is 0 Å². The first-order valence-corrected chi connectivity index (χ1v) is 6.82. The van der Waals surface area contributed by atoms with Gasteiger partial charge >= 0.3 is 0 Å². The minimum atomic E-state index is 0.375. The summed E-state index contributed by atoms with van der Waals surface area (Å²) in [6.45, 7) is 5.82. The number of rotatable bonds is 7. The first-order chi connectivity index (χ1) is 8.11. The standard InChI is InChI=1S/C14H25N3/c1-4-7-14(2,11-15-13-5-6-13)8-12-9-16-17(3)10-12/h9-10,13,15H,4-8,11H2,1-3H3. The lowest BCUT2D eigenvalue weighted by atomic mass is 9.80. The lowest BCUT2D eigenvalue weighted by Crippen LogP contribution is -2.34. The predicted molar refractivity (Wildman–Crippen MR) is 71.0 cm³/mol. The molecule has 2 rings (SSSR count). The van der Waals surface area contributed by atoms with E-state index < -0.39 is 0 Å². The van der Waals surface area contributed by atoms with Gasteiger partial charge in [-0.1, -0.05) is 20.3 Å². The van der Waals surface area contributed by atoms with E-state index >= 15 is 0 Å². The van der Waals surface area contributed by atoms with Crippen LogP contribution in [0.5, 0.6) is 0 Å². The Morgan fingerprint density at radius 3 is 2.82 bits per heavy atom. The highest BCUT2D eigenvalue weighted by atomic mass is 15.2. The summed E-state index contributed by atoms with van der Waals surface area (Å²) in [5, 5.41) is 7.95. The van der Waals surface area contributed by atoms with Crippen LogP contribution in [0.1, 0.15) is 45.1 Å². The molecule has 0 spiro atoms. The third-order valence-electron chi connectivity index (χ3n) is 3.64. The summed E-state index contributed by atoms with van der Waals surface area (Å²) in [7, 11) is 1.99. The molecular formula is C14H25N3. The van der Waals surface area contributed by atoms with Crippen LogP contribution in [0, 0.1) is 5.41 Å². The van der Waals surface area contributed by atoms with Gasteiger partial charge in [-0.25, -0.2) is 0 Å². The van der Waals surface area contributed by atoms with E-state index in [4.69, 9.17) is 0 Å². The molecular weight excluding hydrogens is 210 g/mol. The summed E-state index contributed by atoms with van der Waals surface area (Å²) in [5.74, 6) is 0. The number of hydrogen-bond acceptors (Lipinski definition) is 2. The Labute approximate surface area is 105 Å². The highest BCUT2D eigenvalue weighted by molar-refractivity contribution is 5.07. The van der Waals surface area contributed by atoms with Crippen molar-refractivity contribution in [3.8, 4) is 0 Å². The average Bonchev–Trinajstić information content (AvgIpc) is 3.01. The molecule has 1 heterocycles. The lowest BCUT2D eigenvalue weighted by Gasteiger charge is -2.29. The molecule has 3 nitrogen and oxygen atoms in total. The number of aromatic nitrogens is 2. The van der Waals surface area contributed by atoms with Crippen LogP contribution >= 0.6 is 0 Å². The average molecular weight is 235 g/mol. The highest BCUT2D eigenvalue weighted by Crippen LogP contribution is 2.29. The second kappa shape index (κ2) is 5.21. The molecule has 0 bridgehead atoms. The fourth-order valence-corrected chi connectivity index (χ4v) is 2.58. The van der Waals surface area contributed by atoms with Crippen molar-refractivity contribution >= 4 is 0 Å². The van der Waals surface area contributed by atoms with E-state index in [2.05, 4.69) is 30.5 Å². The zero-order chi connectivity index (χ0) is 12.3. The number of nitrogens with one attached hydrogen (secondary N) is 1. The van der Waals surface area contributed by atoms with E-state index in [9.17, 15) is 0 Å². The summed E-state index contributed by atoms with van der Waals surface area (Å²) >= 11 is 0. The summed E-state index contributed by atoms with van der Waals surface area (Å²) < 4.78 is 1.90. The van der Waals surface area contributed by atoms with E-state index in [0.717, 1.165) is 19.0 Å². The lowest BCUT2D eigenvalue weighted by molar-refractivity contribution is 0.274. The molecule has 17 heavy (non-hydrogen) atoms. The monoisotopic (exact) mass is 235 g/mol. The Bertz CT molecular complexity index is 354. The van der Waals surface area contributed by atoms with Crippen molar-refractivity contribution in [1.82, 2.24) is 15.1 Å². The fraction of sp³-hybridized carbons (Fsp3) is 0.786. The van der Waals surface area contributed by atoms with Crippen molar-refractivity contribution in [2.75, 3.05) is 6.54 Å². The molecule has 1 saturated carbocycles. The van der Waals surface area contributed by atoms with Crippen molar-refractivity contribution in [1.29, 1.82) is 0 Å². The van der Waals surface area contributed by atoms with Gasteiger partial charge in [-0.15, -0.1) is 0 Å². The molecule has 0 aromatic carbocycles. The van der Waals surface area contributed by atoms with Crippen LogP contribution in [-0.4, -0.2) is 22.4 Å². The van der Waals surface area contributed by atoms with Crippen LogP contribution in [0.3, 0.4) is 0 Å². The molecule has 0 radical (unpaired) electrons. The second-order valence-corrected chi connectivity index (χ2v) is 5.91. The Hall–Kier alpha value is -0.830. The fourth-order valence-electron chi connectivity index (χ4n) is 2.58. The number of nitrogens with zero attached hydrogens (tertiary/aromatic N) is 2. The molecule has 1 aliphatic rings. The number of aryl methyl sites for hydroxylation is 1. The quantitative estimate of drug-likeness (QED) is 0.787. The zero-order valence-corrected chi connectivity index (χ0v) is 11.4. The predicted octanol–water partition coefficient (Wildman–Crippen LogP) is 2.52. The summed E-state index contributed by atoms with van der Waals surface area (Å²) in [5.41, 5.74) is 1.74. The van der Waals surface area contributed by atoms with Gasteiger partial charge in [0.15, 0.2) is 0 Å². The molecule has 3 heteroatoms. The molecule has 1 unspecified atom stereocenters. The molecule has 0 amide bonds. The van der Waals surface area contributed by atoms with Crippen molar-refractivity contribution in [3.05, 3.63) is 18.0 Å². The molecule has 1 aromatic rings. The molecule has 1 atom stereocenters. The Balaban J connectivity index is 1.93. The molecule has 0 saturated heterocycles. The van der Waals surface area contributed by atoms with Crippen LogP contribution in [-0.2, 0) is 13.5 Å². The van der Waals surface area contributed by atoms with Gasteiger partial charge in [-0.3, -0.25) is 4.68 Å². The molecule has 0 aliphatic heterocycles. The molecule has 1 fully saturated rings. The van der Waals surface area contributed by atoms with Crippen LogP contribution in [0.4, 0.5) is 0 Å². The maximum atomic E-state index is 4.26. The van der Waals surface area contributed by atoms with E-state index in [1.807, 2.05) is 17.9 Å². The van der Waals surface area contributed by atoms with Gasteiger partial charge < -0.3 is 5.32 Å². The third-order valence-corrected chi connectivity index (χ3v) is 3.64. The van der Waals surface area contributed by atoms with Crippen molar-refractivity contribution in [2.24, 2.45) is 12.5 Å². The van der Waals surface area contributed by atoms with E-state index in [-0.39, 0.29) is 0 Å². The topological polar surface area (TPSA) is 29.9 Å². The van der Waals surface area contributed by atoms with Gasteiger partial charge in [0.2, 0.25) is 0 Å². The molecule has 1 aromatic heterocycles. The first-order valence-electron chi connectivity index (χ1n) is 6.82. The van der Waals surface area contributed by atoms with Gasteiger partial charge in [-0.05, 0) is 36.7 Å². The van der Waals surface area contributed by atoms with E-state index in [0.29, 0.717) is 5.41 Å². The summed E-state index contributed by atoms with van der Waals surface area (Å²) in [6, 6.07) is 0.806. The van der Waals surface area contributed by atoms with Gasteiger partial charge in [0.25, 0.3) is 0 Å². The minimum Gasteiger partial charge on any atom is -0.313 e. The second-order valence-electron chi connectivity index (χ2n) is 5.91. The van der Waals surface area contributed by atoms with Crippen LogP contribution < -0.4 is 5.32 Å². The van der Waals surface area contributed by atoms with Crippen molar-refractivity contribution in [3.63, 3.8) is 0 Å². The van der Waals surface area contributed by atoms with E-state index in [1.54, 1.807) is 0 Å². The normalized spacial score (nSPS) is 19.2. The van der Waals surface area contributed by atoms with Crippen LogP contribution in [0.15, 0.2) is 12.4 Å². The van der Waals surface area contributed by atoms with Crippen molar-refractivity contribution < 1.29 is 0 Å². The van der Waals surface area contributed by atoms with Crippen LogP contribution in [0.2, 0.25) is 0 Å². The minimum absolute atomic E-state index is 0.375. The third kappa shape index (κ3) is 3.84. The maximum absolute atomic E-state index is 4.26. The van der Waals surface area contributed by atoms with Crippen molar-refractivity contribution in [2.45, 2.75) is 52.0 Å². The maximum Gasteiger partial charge on any atom is 0.0521 e. The van der Waals surface area contributed by atoms with Gasteiger partial charge in [0, 0.05) is 25.8 Å². The summed E-state index contributed by atoms with van der Waals surface area (Å²) in [6.07, 6.45) is 10.6. The van der Waals surface area contributed by atoms with Gasteiger partial charge in [-0.2, -0.15) is 5.10 Å². The van der Waals surface area contributed by atoms with Gasteiger partial charge in [0.1, 0.15) is 0 Å². The Kier molecular flexibility index (Phi) is 3.87.